The summed E-state index contributed by atoms with van der Waals surface area (Å²) in [6.07, 6.45) is 42.4. The number of nitrogens with zero attached hydrogens (tertiary/aromatic N) is 2. The van der Waals surface area contributed by atoms with Crippen molar-refractivity contribution in [1.29, 1.82) is 0 Å². The number of allylic oxidation sites excluding steroid dienone is 11. The minimum absolute atomic E-state index is 0.280. The number of para-hydroxylation sites is 1. The van der Waals surface area contributed by atoms with Crippen LogP contribution in [0.3, 0.4) is 0 Å². The van der Waals surface area contributed by atoms with E-state index in [-0.39, 0.29) is 6.04 Å². The molecule has 5 aliphatic carbocycles. The van der Waals surface area contributed by atoms with Gasteiger partial charge >= 0.3 is 0 Å². The van der Waals surface area contributed by atoms with E-state index in [1.165, 1.54) is 51.2 Å². The van der Waals surface area contributed by atoms with Gasteiger partial charge in [-0.2, -0.15) is 0 Å². The molecule has 2 aliphatic heterocycles. The van der Waals surface area contributed by atoms with Crippen molar-refractivity contribution < 1.29 is 0 Å². The van der Waals surface area contributed by atoms with Crippen LogP contribution < -0.4 is 9.80 Å². The van der Waals surface area contributed by atoms with Gasteiger partial charge in [-0.1, -0.05) is 152 Å². The zero-order valence-corrected chi connectivity index (χ0v) is 28.5. The average Bonchev–Trinajstić information content (AvgIpc) is 3.71. The highest BCUT2D eigenvalue weighted by atomic mass is 15.2. The molecule has 0 fully saturated rings. The van der Waals surface area contributed by atoms with Crippen LogP contribution in [0.1, 0.15) is 65.7 Å². The van der Waals surface area contributed by atoms with Crippen LogP contribution in [0.15, 0.2) is 176 Å². The molecule has 0 N–H and O–H groups in total. The lowest BCUT2D eigenvalue weighted by Gasteiger charge is -2.40. The predicted molar refractivity (Wildman–Crippen MR) is 210 cm³/mol. The Morgan fingerprint density at radius 2 is 1.40 bits per heavy atom. The predicted octanol–water partition coefficient (Wildman–Crippen LogP) is 10.9. The number of rotatable bonds is 5. The topological polar surface area (TPSA) is 6.48 Å². The lowest BCUT2D eigenvalue weighted by Crippen LogP contribution is -2.43. The first-order chi connectivity index (χ1) is 24.8. The second-order valence-electron chi connectivity index (χ2n) is 15.0. The summed E-state index contributed by atoms with van der Waals surface area (Å²) in [7, 11) is 0. The molecule has 10 rings (SSSR count). The summed E-state index contributed by atoms with van der Waals surface area (Å²) >= 11 is 0. The Morgan fingerprint density at radius 1 is 0.560 bits per heavy atom. The minimum atomic E-state index is 0.280. The van der Waals surface area contributed by atoms with Crippen molar-refractivity contribution in [2.75, 3.05) is 9.80 Å². The molecule has 0 saturated carbocycles. The summed E-state index contributed by atoms with van der Waals surface area (Å²) in [6, 6.07) is 29.0. The van der Waals surface area contributed by atoms with Crippen LogP contribution in [0.4, 0.5) is 11.4 Å². The zero-order chi connectivity index (χ0) is 33.0. The van der Waals surface area contributed by atoms with Crippen molar-refractivity contribution in [3.05, 3.63) is 198 Å². The highest BCUT2D eigenvalue weighted by Gasteiger charge is 2.45. The van der Waals surface area contributed by atoms with Crippen molar-refractivity contribution in [2.24, 2.45) is 5.92 Å². The molecule has 2 heteroatoms. The smallest absolute Gasteiger partial charge is 0.0658 e. The number of hydrogen-bond donors (Lipinski definition) is 0. The van der Waals surface area contributed by atoms with Crippen molar-refractivity contribution >= 4 is 16.9 Å². The van der Waals surface area contributed by atoms with Crippen LogP contribution in [0.25, 0.3) is 5.57 Å². The molecule has 0 radical (unpaired) electrons. The normalized spacial score (nSPS) is 31.3. The van der Waals surface area contributed by atoms with E-state index in [0.29, 0.717) is 41.8 Å². The Hall–Kier alpha value is -5.08. The zero-order valence-electron chi connectivity index (χ0n) is 28.5. The number of hydrogen-bond acceptors (Lipinski definition) is 2. The molecule has 50 heavy (non-hydrogen) atoms. The van der Waals surface area contributed by atoms with Crippen molar-refractivity contribution in [3.8, 4) is 0 Å². The number of anilines is 2. The third-order valence-corrected chi connectivity index (χ3v) is 12.3. The Balaban J connectivity index is 0.978. The molecule has 0 bridgehead atoms. The first kappa shape index (κ1) is 29.8. The average molecular weight is 649 g/mol. The molecule has 2 heterocycles. The number of fused-ring (bicyclic) bond motifs is 6. The van der Waals surface area contributed by atoms with Gasteiger partial charge in [-0.05, 0) is 77.3 Å². The first-order valence-corrected chi connectivity index (χ1v) is 18.8. The third-order valence-electron chi connectivity index (χ3n) is 12.3. The molecule has 3 aromatic carbocycles. The molecule has 8 unspecified atom stereocenters. The largest absolute Gasteiger partial charge is 0.357 e. The quantitative estimate of drug-likeness (QED) is 0.254. The summed E-state index contributed by atoms with van der Waals surface area (Å²) < 4.78 is 0. The van der Waals surface area contributed by atoms with Crippen molar-refractivity contribution in [3.63, 3.8) is 0 Å². The van der Waals surface area contributed by atoms with Gasteiger partial charge in [-0.15, -0.1) is 0 Å². The summed E-state index contributed by atoms with van der Waals surface area (Å²) in [5.41, 5.74) is 11.4. The monoisotopic (exact) mass is 648 g/mol. The molecule has 2 nitrogen and oxygen atoms in total. The third kappa shape index (κ3) is 4.91. The van der Waals surface area contributed by atoms with E-state index in [9.17, 15) is 0 Å². The summed E-state index contributed by atoms with van der Waals surface area (Å²) in [5.74, 6) is 1.72. The van der Waals surface area contributed by atoms with Gasteiger partial charge in [0, 0.05) is 41.1 Å². The fourth-order valence-electron chi connectivity index (χ4n) is 9.97. The highest BCUT2D eigenvalue weighted by Crippen LogP contribution is 2.52. The maximum atomic E-state index is 2.77. The molecule has 7 aliphatic rings. The molecule has 0 spiro atoms. The second-order valence-corrected chi connectivity index (χ2v) is 15.0. The number of benzene rings is 3. The van der Waals surface area contributed by atoms with E-state index >= 15 is 0 Å². The van der Waals surface area contributed by atoms with Gasteiger partial charge in [0.1, 0.15) is 0 Å². The molecule has 8 atom stereocenters. The van der Waals surface area contributed by atoms with E-state index in [1.807, 2.05) is 0 Å². The minimum Gasteiger partial charge on any atom is -0.357 e. The lowest BCUT2D eigenvalue weighted by molar-refractivity contribution is 0.534. The maximum absolute atomic E-state index is 2.77. The van der Waals surface area contributed by atoms with E-state index in [2.05, 4.69) is 180 Å². The Bertz CT molecular complexity index is 2080. The van der Waals surface area contributed by atoms with Crippen LogP contribution in [0.5, 0.6) is 0 Å². The van der Waals surface area contributed by atoms with E-state index in [0.717, 1.165) is 19.3 Å². The van der Waals surface area contributed by atoms with Gasteiger partial charge in [-0.3, -0.25) is 0 Å². The molecule has 246 valence electrons. The molecule has 0 amide bonds. The van der Waals surface area contributed by atoms with Gasteiger partial charge in [0.25, 0.3) is 0 Å². The van der Waals surface area contributed by atoms with E-state index in [1.54, 1.807) is 0 Å². The van der Waals surface area contributed by atoms with Gasteiger partial charge in [-0.25, -0.2) is 0 Å². The fourth-order valence-corrected chi connectivity index (χ4v) is 9.97. The van der Waals surface area contributed by atoms with Gasteiger partial charge in [0.2, 0.25) is 0 Å². The van der Waals surface area contributed by atoms with Gasteiger partial charge in [0.15, 0.2) is 0 Å². The molecule has 0 saturated heterocycles. The van der Waals surface area contributed by atoms with Crippen LogP contribution in [-0.2, 0) is 0 Å². The lowest BCUT2D eigenvalue weighted by atomic mass is 9.81. The Morgan fingerprint density at radius 3 is 2.24 bits per heavy atom. The van der Waals surface area contributed by atoms with Crippen molar-refractivity contribution in [1.82, 2.24) is 0 Å². The molecule has 3 aromatic rings. The van der Waals surface area contributed by atoms with Crippen LogP contribution in [0.2, 0.25) is 0 Å². The van der Waals surface area contributed by atoms with Crippen LogP contribution in [0, 0.1) is 5.92 Å². The van der Waals surface area contributed by atoms with E-state index < -0.39 is 0 Å². The first-order valence-electron chi connectivity index (χ1n) is 18.8. The Kier molecular flexibility index (Phi) is 7.36. The summed E-state index contributed by atoms with van der Waals surface area (Å²) in [5, 5.41) is 0. The summed E-state index contributed by atoms with van der Waals surface area (Å²) in [6.45, 7) is 0. The molecule has 0 aromatic heterocycles. The molecular weight excluding hydrogens is 605 g/mol. The maximum Gasteiger partial charge on any atom is 0.0658 e. The van der Waals surface area contributed by atoms with E-state index in [4.69, 9.17) is 0 Å². The van der Waals surface area contributed by atoms with Gasteiger partial charge < -0.3 is 9.80 Å². The molecular formula is C48H44N2. The standard InChI is InChI=1S/C48H44N2/c1-3-12-33(13-4-1)35-22-27-38(28-23-35)49-45-20-9-8-17-42(45)44-32-37(26-31-47(44)49)40-18-11-19-43-41-16-7-10-21-46(41)50(48(40)43)39-29-24-36(25-30-39)34-14-5-2-6-15-34/h1-12,14-24,26-27,29,31-33,36,38-39,42-43,45,48H,13,25,28,30H2. The SMILES string of the molecule is C1=CCC(C2=CCC(N3c4ccc(C5=CC=CC6c7ccccc7N(C7C=CC(c8ccccc8)CC7)C56)cc4C4C=CC=CC43)C=C2)C=C1. The highest BCUT2D eigenvalue weighted by molar-refractivity contribution is 5.84. The van der Waals surface area contributed by atoms with Crippen LogP contribution in [-0.4, -0.2) is 24.2 Å². The second kappa shape index (κ2) is 12.4. The van der Waals surface area contributed by atoms with Crippen molar-refractivity contribution in [2.45, 2.75) is 67.6 Å². The Labute approximate surface area is 297 Å². The van der Waals surface area contributed by atoms with Gasteiger partial charge in [0.05, 0.1) is 18.1 Å². The fraction of sp³-hybridized carbons (Fsp3) is 0.250. The van der Waals surface area contributed by atoms with Crippen LogP contribution >= 0.6 is 0 Å². The summed E-state index contributed by atoms with van der Waals surface area (Å²) in [4.78, 5) is 5.47.